The lowest BCUT2D eigenvalue weighted by Crippen LogP contribution is -2.30. The normalized spacial score (nSPS) is 24.0. The summed E-state index contributed by atoms with van der Waals surface area (Å²) in [6.45, 7) is 0. The number of carboxylic acid groups (broad SMARTS) is 1. The molecule has 2 aromatic carbocycles. The van der Waals surface area contributed by atoms with Crippen LogP contribution < -0.4 is 15.2 Å². The van der Waals surface area contributed by atoms with E-state index in [1.54, 1.807) is 19.2 Å². The van der Waals surface area contributed by atoms with E-state index in [9.17, 15) is 9.90 Å². The van der Waals surface area contributed by atoms with E-state index in [4.69, 9.17) is 4.74 Å². The van der Waals surface area contributed by atoms with Gasteiger partial charge in [-0.3, -0.25) is 0 Å². The number of methoxy groups -OCH3 is 1. The van der Waals surface area contributed by atoms with Crippen molar-refractivity contribution in [2.24, 2.45) is 5.92 Å². The predicted octanol–water partition coefficient (Wildman–Crippen LogP) is 2.89. The van der Waals surface area contributed by atoms with Crippen LogP contribution in [0.3, 0.4) is 0 Å². The summed E-state index contributed by atoms with van der Waals surface area (Å²) in [5.41, 5.74) is 3.48. The van der Waals surface area contributed by atoms with Crippen molar-refractivity contribution < 1.29 is 14.6 Å². The second kappa shape index (κ2) is 5.71. The molecule has 4 heteroatoms. The minimum absolute atomic E-state index is 0.192. The highest BCUT2D eigenvalue weighted by Gasteiger charge is 2.37. The second-order valence-corrected chi connectivity index (χ2v) is 6.34. The van der Waals surface area contributed by atoms with E-state index >= 15 is 0 Å². The van der Waals surface area contributed by atoms with Crippen molar-refractivity contribution in [3.05, 3.63) is 71.3 Å². The van der Waals surface area contributed by atoms with E-state index in [0.717, 1.165) is 23.4 Å². The second-order valence-electron chi connectivity index (χ2n) is 6.34. The lowest BCUT2D eigenvalue weighted by molar-refractivity contribution is -0.255. The number of carbonyl (C=O) groups is 1. The van der Waals surface area contributed by atoms with Crippen molar-refractivity contribution in [1.82, 2.24) is 0 Å². The lowest BCUT2D eigenvalue weighted by Gasteiger charge is -2.37. The van der Waals surface area contributed by atoms with Crippen LogP contribution in [0.15, 0.2) is 54.6 Å². The number of nitrogens with one attached hydrogen (secondary N) is 1. The maximum Gasteiger partial charge on any atom is 0.118 e. The van der Waals surface area contributed by atoms with Gasteiger partial charge in [-0.1, -0.05) is 30.4 Å². The van der Waals surface area contributed by atoms with Crippen molar-refractivity contribution >= 4 is 11.7 Å². The van der Waals surface area contributed by atoms with Crippen molar-refractivity contribution in [3.63, 3.8) is 0 Å². The fraction of sp³-hybridized carbons (Fsp3) is 0.250. The van der Waals surface area contributed by atoms with Gasteiger partial charge in [0.25, 0.3) is 0 Å². The van der Waals surface area contributed by atoms with Crippen LogP contribution in [-0.4, -0.2) is 13.1 Å². The molecule has 1 aliphatic heterocycles. The standard InChI is InChI=1S/C20H19NO3/c1-24-14-8-5-12(6-9-14)19-16-4-2-3-15(16)17-11-13(20(22)23)7-10-18(17)21-19/h2-3,5-11,15-16,19,21H,4H2,1H3,(H,22,23)/p-1/t15-,16+,19+/m0/s1. The van der Waals surface area contributed by atoms with Crippen LogP contribution in [0.2, 0.25) is 0 Å². The Hall–Kier alpha value is -2.75. The van der Waals surface area contributed by atoms with E-state index in [-0.39, 0.29) is 17.5 Å². The third-order valence-electron chi connectivity index (χ3n) is 5.07. The number of hydrogen-bond acceptors (Lipinski definition) is 4. The molecule has 0 bridgehead atoms. The Morgan fingerprint density at radius 2 is 2.00 bits per heavy atom. The molecule has 0 radical (unpaired) electrons. The molecule has 1 N–H and O–H groups in total. The first-order valence-corrected chi connectivity index (χ1v) is 8.10. The summed E-state index contributed by atoms with van der Waals surface area (Å²) in [6.07, 6.45) is 5.36. The van der Waals surface area contributed by atoms with Crippen LogP contribution >= 0.6 is 0 Å². The SMILES string of the molecule is COc1ccc([C@H]2Nc3ccc(C(=O)[O-])cc3[C@H]3C=CC[C@H]32)cc1. The number of fused-ring (bicyclic) bond motifs is 3. The van der Waals surface area contributed by atoms with E-state index < -0.39 is 5.97 Å². The van der Waals surface area contributed by atoms with Gasteiger partial charge >= 0.3 is 0 Å². The molecule has 0 spiro atoms. The average molecular weight is 320 g/mol. The number of ether oxygens (including phenoxy) is 1. The zero-order chi connectivity index (χ0) is 16.7. The van der Waals surface area contributed by atoms with Crippen molar-refractivity contribution in [2.45, 2.75) is 18.4 Å². The van der Waals surface area contributed by atoms with Gasteiger partial charge in [0.15, 0.2) is 0 Å². The summed E-state index contributed by atoms with van der Waals surface area (Å²) < 4.78 is 5.24. The summed E-state index contributed by atoms with van der Waals surface area (Å²) in [7, 11) is 1.66. The van der Waals surface area contributed by atoms with Gasteiger partial charge in [0.05, 0.1) is 19.1 Å². The summed E-state index contributed by atoms with van der Waals surface area (Å²) in [5, 5.41) is 14.8. The Labute approximate surface area is 140 Å². The maximum atomic E-state index is 11.2. The highest BCUT2D eigenvalue weighted by atomic mass is 16.5. The highest BCUT2D eigenvalue weighted by Crippen LogP contribution is 2.49. The van der Waals surface area contributed by atoms with Crippen molar-refractivity contribution in [1.29, 1.82) is 0 Å². The molecule has 0 fully saturated rings. The highest BCUT2D eigenvalue weighted by molar-refractivity contribution is 5.87. The van der Waals surface area contributed by atoms with Crippen molar-refractivity contribution in [2.75, 3.05) is 12.4 Å². The molecule has 0 aromatic heterocycles. The molecule has 122 valence electrons. The van der Waals surface area contributed by atoms with Crippen LogP contribution in [0.1, 0.15) is 39.9 Å². The summed E-state index contributed by atoms with van der Waals surface area (Å²) in [6, 6.07) is 13.5. The molecule has 4 rings (SSSR count). The number of benzene rings is 2. The van der Waals surface area contributed by atoms with Gasteiger partial charge in [-0.2, -0.15) is 0 Å². The van der Waals surface area contributed by atoms with Gasteiger partial charge in [0.2, 0.25) is 0 Å². The van der Waals surface area contributed by atoms with Crippen LogP contribution in [0, 0.1) is 5.92 Å². The predicted molar refractivity (Wildman–Crippen MR) is 90.1 cm³/mol. The molecule has 4 nitrogen and oxygen atoms in total. The number of allylic oxidation sites excluding steroid dienone is 2. The van der Waals surface area contributed by atoms with Crippen LogP contribution in [-0.2, 0) is 0 Å². The quantitative estimate of drug-likeness (QED) is 0.883. The minimum Gasteiger partial charge on any atom is -0.545 e. The molecule has 24 heavy (non-hydrogen) atoms. The molecular weight excluding hydrogens is 302 g/mol. The zero-order valence-electron chi connectivity index (χ0n) is 13.4. The Morgan fingerprint density at radius 1 is 1.21 bits per heavy atom. The number of carboxylic acids is 1. The van der Waals surface area contributed by atoms with Gasteiger partial charge < -0.3 is 20.0 Å². The van der Waals surface area contributed by atoms with Gasteiger partial charge in [-0.25, -0.2) is 0 Å². The molecule has 1 aliphatic carbocycles. The monoisotopic (exact) mass is 320 g/mol. The number of anilines is 1. The summed E-state index contributed by atoms with van der Waals surface area (Å²) in [4.78, 5) is 11.2. The van der Waals surface area contributed by atoms with Crippen molar-refractivity contribution in [3.8, 4) is 5.75 Å². The van der Waals surface area contributed by atoms with E-state index in [1.165, 1.54) is 5.56 Å². The Balaban J connectivity index is 1.73. The molecule has 2 aromatic rings. The number of aromatic carboxylic acids is 1. The molecule has 0 saturated heterocycles. The molecule has 0 saturated carbocycles. The molecule has 0 unspecified atom stereocenters. The average Bonchev–Trinajstić information content (AvgIpc) is 3.10. The van der Waals surface area contributed by atoms with Crippen LogP contribution in [0.25, 0.3) is 0 Å². The molecular formula is C20H18NO3-. The Bertz CT molecular complexity index is 810. The first-order chi connectivity index (χ1) is 11.7. The maximum absolute atomic E-state index is 11.2. The fourth-order valence-corrected chi connectivity index (χ4v) is 3.86. The fourth-order valence-electron chi connectivity index (χ4n) is 3.86. The first kappa shape index (κ1) is 14.8. The van der Waals surface area contributed by atoms with E-state index in [1.807, 2.05) is 18.2 Å². The Kier molecular flexibility index (Phi) is 3.53. The number of hydrogen-bond donors (Lipinski definition) is 1. The smallest absolute Gasteiger partial charge is 0.118 e. The third kappa shape index (κ3) is 2.35. The summed E-state index contributed by atoms with van der Waals surface area (Å²) in [5.74, 6) is 0.318. The van der Waals surface area contributed by atoms with Gasteiger partial charge in [-0.15, -0.1) is 0 Å². The molecule has 0 amide bonds. The van der Waals surface area contributed by atoms with Crippen LogP contribution in [0.5, 0.6) is 5.75 Å². The number of rotatable bonds is 3. The van der Waals surface area contributed by atoms with Crippen LogP contribution in [0.4, 0.5) is 5.69 Å². The third-order valence-corrected chi connectivity index (χ3v) is 5.07. The van der Waals surface area contributed by atoms with E-state index in [0.29, 0.717) is 5.92 Å². The largest absolute Gasteiger partial charge is 0.545 e. The van der Waals surface area contributed by atoms with Gasteiger partial charge in [0, 0.05) is 11.6 Å². The molecule has 1 heterocycles. The lowest BCUT2D eigenvalue weighted by atomic mass is 9.76. The van der Waals surface area contributed by atoms with Gasteiger partial charge in [0.1, 0.15) is 5.75 Å². The first-order valence-electron chi connectivity index (χ1n) is 8.10. The zero-order valence-corrected chi connectivity index (χ0v) is 13.4. The minimum atomic E-state index is -1.13. The molecule has 3 atom stereocenters. The van der Waals surface area contributed by atoms with E-state index in [2.05, 4.69) is 29.6 Å². The topological polar surface area (TPSA) is 61.4 Å². The summed E-state index contributed by atoms with van der Waals surface area (Å²) >= 11 is 0. The molecule has 2 aliphatic rings. The number of carbonyl (C=O) groups excluding carboxylic acids is 1. The Morgan fingerprint density at radius 3 is 2.71 bits per heavy atom. The van der Waals surface area contributed by atoms with Gasteiger partial charge in [-0.05, 0) is 53.3 Å².